The van der Waals surface area contributed by atoms with Crippen molar-refractivity contribution in [3.8, 4) is 0 Å². The number of aliphatic hydroxyl groups is 1. The van der Waals surface area contributed by atoms with Crippen LogP contribution in [0.4, 0.5) is 4.79 Å². The molecule has 6 heteroatoms. The molecule has 1 atom stereocenters. The van der Waals surface area contributed by atoms with Gasteiger partial charge < -0.3 is 20.5 Å². The van der Waals surface area contributed by atoms with Crippen molar-refractivity contribution in [2.24, 2.45) is 5.92 Å². The molecule has 20 heavy (non-hydrogen) atoms. The monoisotopic (exact) mass is 298 g/mol. The van der Waals surface area contributed by atoms with Gasteiger partial charge in [-0.05, 0) is 42.7 Å². The van der Waals surface area contributed by atoms with Crippen LogP contribution in [0.5, 0.6) is 0 Å². The Bertz CT molecular complexity index is 432. The van der Waals surface area contributed by atoms with Crippen LogP contribution < -0.4 is 10.6 Å². The molecule has 0 aromatic carbocycles. The van der Waals surface area contributed by atoms with Crippen molar-refractivity contribution in [1.29, 1.82) is 0 Å². The third kappa shape index (κ3) is 5.48. The van der Waals surface area contributed by atoms with Crippen LogP contribution in [0.15, 0.2) is 11.4 Å². The first-order valence-corrected chi connectivity index (χ1v) is 7.83. The Hall–Kier alpha value is -1.11. The van der Waals surface area contributed by atoms with Crippen LogP contribution in [0.25, 0.3) is 0 Å². The molecule has 3 N–H and O–H groups in total. The molecule has 1 fully saturated rings. The lowest BCUT2D eigenvalue weighted by Crippen LogP contribution is -2.40. The Morgan fingerprint density at radius 1 is 1.55 bits per heavy atom. The number of amides is 2. The number of carbonyl (C=O) groups excluding carboxylic acids is 1. The molecule has 1 aromatic rings. The quantitative estimate of drug-likeness (QED) is 0.683. The summed E-state index contributed by atoms with van der Waals surface area (Å²) in [6, 6.07) is 1.76. The van der Waals surface area contributed by atoms with Crippen molar-refractivity contribution >= 4 is 17.4 Å². The zero-order valence-electron chi connectivity index (χ0n) is 11.7. The lowest BCUT2D eigenvalue weighted by atomic mass is 10.3. The van der Waals surface area contributed by atoms with Crippen LogP contribution in [0.1, 0.15) is 23.3 Å². The summed E-state index contributed by atoms with van der Waals surface area (Å²) in [6.07, 6.45) is 1.82. The van der Waals surface area contributed by atoms with E-state index in [1.165, 1.54) is 18.4 Å². The van der Waals surface area contributed by atoms with E-state index in [9.17, 15) is 9.90 Å². The molecule has 0 spiro atoms. The van der Waals surface area contributed by atoms with Gasteiger partial charge in [-0.2, -0.15) is 0 Å². The average molecular weight is 298 g/mol. The van der Waals surface area contributed by atoms with E-state index in [1.54, 1.807) is 11.3 Å². The van der Waals surface area contributed by atoms with Crippen LogP contribution in [-0.4, -0.2) is 37.0 Å². The molecule has 1 saturated carbocycles. The Balaban J connectivity index is 1.53. The maximum absolute atomic E-state index is 11.6. The van der Waals surface area contributed by atoms with Crippen LogP contribution in [-0.2, 0) is 11.3 Å². The van der Waals surface area contributed by atoms with Crippen molar-refractivity contribution in [2.45, 2.75) is 32.4 Å². The number of aliphatic hydroxyl groups excluding tert-OH is 1. The predicted octanol–water partition coefficient (Wildman–Crippen LogP) is 1.64. The topological polar surface area (TPSA) is 70.6 Å². The minimum Gasteiger partial charge on any atom is -0.389 e. The van der Waals surface area contributed by atoms with Gasteiger partial charge in [-0.15, -0.1) is 11.3 Å². The summed E-state index contributed by atoms with van der Waals surface area (Å²) in [5.74, 6) is 0.687. The highest BCUT2D eigenvalue weighted by Gasteiger charge is 2.21. The Labute approximate surface area is 123 Å². The fourth-order valence-electron chi connectivity index (χ4n) is 1.73. The zero-order valence-corrected chi connectivity index (χ0v) is 12.5. The van der Waals surface area contributed by atoms with E-state index in [0.717, 1.165) is 11.5 Å². The Morgan fingerprint density at radius 3 is 3.00 bits per heavy atom. The van der Waals surface area contributed by atoms with Gasteiger partial charge in [0.1, 0.15) is 0 Å². The minimum atomic E-state index is -0.650. The lowest BCUT2D eigenvalue weighted by molar-refractivity contribution is 0.0337. The highest BCUT2D eigenvalue weighted by Crippen LogP contribution is 2.28. The number of nitrogens with one attached hydrogen (secondary N) is 2. The summed E-state index contributed by atoms with van der Waals surface area (Å²) in [5, 5.41) is 17.1. The van der Waals surface area contributed by atoms with E-state index in [-0.39, 0.29) is 19.2 Å². The number of thiophene rings is 1. The van der Waals surface area contributed by atoms with E-state index < -0.39 is 6.10 Å². The summed E-state index contributed by atoms with van der Waals surface area (Å²) in [5.41, 5.74) is 1.18. The summed E-state index contributed by atoms with van der Waals surface area (Å²) in [4.78, 5) is 12.7. The first kappa shape index (κ1) is 15.3. The molecule has 1 aromatic heterocycles. The van der Waals surface area contributed by atoms with Crippen LogP contribution in [0.2, 0.25) is 0 Å². The van der Waals surface area contributed by atoms with Gasteiger partial charge >= 0.3 is 6.03 Å². The van der Waals surface area contributed by atoms with Crippen LogP contribution in [0, 0.1) is 12.8 Å². The first-order chi connectivity index (χ1) is 9.65. The molecule has 1 unspecified atom stereocenters. The fraction of sp³-hybridized carbons (Fsp3) is 0.643. The lowest BCUT2D eigenvalue weighted by Gasteiger charge is -2.13. The average Bonchev–Trinajstić information content (AvgIpc) is 3.16. The maximum Gasteiger partial charge on any atom is 0.315 e. The van der Waals surface area contributed by atoms with Crippen molar-refractivity contribution in [1.82, 2.24) is 10.6 Å². The van der Waals surface area contributed by atoms with E-state index in [2.05, 4.69) is 10.6 Å². The van der Waals surface area contributed by atoms with Gasteiger partial charge in [-0.1, -0.05) is 0 Å². The van der Waals surface area contributed by atoms with Gasteiger partial charge in [0.2, 0.25) is 0 Å². The van der Waals surface area contributed by atoms with Crippen LogP contribution in [0.3, 0.4) is 0 Å². The van der Waals surface area contributed by atoms with Gasteiger partial charge in [0, 0.05) is 18.0 Å². The molecule has 0 bridgehead atoms. The summed E-state index contributed by atoms with van der Waals surface area (Å²) >= 11 is 1.62. The highest BCUT2D eigenvalue weighted by molar-refractivity contribution is 7.10. The van der Waals surface area contributed by atoms with Crippen LogP contribution >= 0.6 is 11.3 Å². The Morgan fingerprint density at radius 2 is 2.35 bits per heavy atom. The maximum atomic E-state index is 11.6. The molecule has 1 heterocycles. The zero-order chi connectivity index (χ0) is 14.4. The van der Waals surface area contributed by atoms with Crippen molar-refractivity contribution in [3.63, 3.8) is 0 Å². The Kier molecular flexibility index (Phi) is 5.82. The van der Waals surface area contributed by atoms with E-state index >= 15 is 0 Å². The smallest absolute Gasteiger partial charge is 0.315 e. The summed E-state index contributed by atoms with van der Waals surface area (Å²) in [6.45, 7) is 3.75. The van der Waals surface area contributed by atoms with Gasteiger partial charge in [0.15, 0.2) is 0 Å². The standard InChI is InChI=1S/C14H22N2O3S/c1-10-4-5-20-13(10)7-16-14(18)15-6-12(17)9-19-8-11-2-3-11/h4-5,11-12,17H,2-3,6-9H2,1H3,(H2,15,16,18). The number of carbonyl (C=O) groups is 1. The number of rotatable bonds is 8. The largest absolute Gasteiger partial charge is 0.389 e. The number of hydrogen-bond acceptors (Lipinski definition) is 4. The molecule has 0 radical (unpaired) electrons. The van der Waals surface area contributed by atoms with Gasteiger partial charge in [-0.25, -0.2) is 4.79 Å². The number of aryl methyl sites for hydroxylation is 1. The SMILES string of the molecule is Cc1ccsc1CNC(=O)NCC(O)COCC1CC1. The molecule has 1 aliphatic rings. The highest BCUT2D eigenvalue weighted by atomic mass is 32.1. The molecular formula is C14H22N2O3S. The molecule has 0 saturated heterocycles. The summed E-state index contributed by atoms with van der Waals surface area (Å²) in [7, 11) is 0. The van der Waals surface area contributed by atoms with E-state index in [4.69, 9.17) is 4.74 Å². The second kappa shape index (κ2) is 7.61. The molecule has 2 rings (SSSR count). The van der Waals surface area contributed by atoms with E-state index in [0.29, 0.717) is 12.5 Å². The third-order valence-electron chi connectivity index (χ3n) is 3.24. The van der Waals surface area contributed by atoms with Gasteiger partial charge in [0.25, 0.3) is 0 Å². The molecule has 0 aliphatic heterocycles. The molecule has 2 amide bonds. The second-order valence-electron chi connectivity index (χ2n) is 5.23. The fourth-order valence-corrected chi connectivity index (χ4v) is 2.58. The van der Waals surface area contributed by atoms with Crippen molar-refractivity contribution < 1.29 is 14.6 Å². The second-order valence-corrected chi connectivity index (χ2v) is 6.23. The van der Waals surface area contributed by atoms with Gasteiger partial charge in [-0.3, -0.25) is 0 Å². The molecular weight excluding hydrogens is 276 g/mol. The number of hydrogen-bond donors (Lipinski definition) is 3. The third-order valence-corrected chi connectivity index (χ3v) is 4.26. The van der Waals surface area contributed by atoms with Gasteiger partial charge in [0.05, 0.1) is 19.3 Å². The van der Waals surface area contributed by atoms with E-state index in [1.807, 2.05) is 18.4 Å². The summed E-state index contributed by atoms with van der Waals surface area (Å²) < 4.78 is 5.37. The first-order valence-electron chi connectivity index (χ1n) is 6.95. The molecule has 5 nitrogen and oxygen atoms in total. The molecule has 112 valence electrons. The van der Waals surface area contributed by atoms with Crippen molar-refractivity contribution in [3.05, 3.63) is 21.9 Å². The minimum absolute atomic E-state index is 0.208. The predicted molar refractivity (Wildman–Crippen MR) is 78.8 cm³/mol. The van der Waals surface area contributed by atoms with Crippen molar-refractivity contribution in [2.75, 3.05) is 19.8 Å². The number of ether oxygens (including phenoxy) is 1. The normalized spacial score (nSPS) is 15.9. The number of urea groups is 1. The molecule has 1 aliphatic carbocycles.